The third-order valence-corrected chi connectivity index (χ3v) is 1.32. The van der Waals surface area contributed by atoms with Gasteiger partial charge in [0.2, 0.25) is 0 Å². The lowest BCUT2D eigenvalue weighted by Gasteiger charge is -2.08. The Kier molecular flexibility index (Phi) is 4.41. The maximum Gasteiger partial charge on any atom is 0.556 e. The Morgan fingerprint density at radius 2 is 1.92 bits per heavy atom. The Bertz CT molecular complexity index is 227. The van der Waals surface area contributed by atoms with Crippen molar-refractivity contribution in [1.29, 1.82) is 0 Å². The fourth-order valence-corrected chi connectivity index (χ4v) is 0.817. The summed E-state index contributed by atoms with van der Waals surface area (Å²) in [4.78, 5) is 22.4. The Morgan fingerprint density at radius 3 is 2.38 bits per heavy atom. The third-order valence-electron chi connectivity index (χ3n) is 1.32. The third kappa shape index (κ3) is 3.12. The van der Waals surface area contributed by atoms with E-state index in [0.717, 1.165) is 0 Å². The first-order valence-electron chi connectivity index (χ1n) is 3.67. The van der Waals surface area contributed by atoms with Gasteiger partial charge in [-0.05, 0) is 6.07 Å². The van der Waals surface area contributed by atoms with Gasteiger partial charge in [0.15, 0.2) is 0 Å². The minimum Gasteiger partial charge on any atom is -0.265 e. The van der Waals surface area contributed by atoms with Gasteiger partial charge in [0, 0.05) is 17.9 Å². The smallest absolute Gasteiger partial charge is 0.265 e. The monoisotopic (exact) mass is 183 g/mol. The van der Waals surface area contributed by atoms with Gasteiger partial charge in [-0.1, -0.05) is 6.07 Å². The molecule has 5 nitrogen and oxygen atoms in total. The summed E-state index contributed by atoms with van der Waals surface area (Å²) in [6.07, 6.45) is 3.25. The van der Waals surface area contributed by atoms with Crippen molar-refractivity contribution in [3.63, 3.8) is 0 Å². The summed E-state index contributed by atoms with van der Waals surface area (Å²) in [7, 11) is 2.06. The van der Waals surface area contributed by atoms with Crippen molar-refractivity contribution in [1.82, 2.24) is 4.98 Å². The first-order chi connectivity index (χ1) is 6.38. The fourth-order valence-electron chi connectivity index (χ4n) is 0.817. The van der Waals surface area contributed by atoms with Crippen LogP contribution in [0.15, 0.2) is 24.5 Å². The predicted octanol–water partition coefficient (Wildman–Crippen LogP) is -0.0672. The molecule has 0 atom stereocenters. The summed E-state index contributed by atoms with van der Waals surface area (Å²) in [5, 5.41) is 0. The summed E-state index contributed by atoms with van der Waals surface area (Å²) >= 11 is 0. The maximum absolute atomic E-state index is 4.78. The number of nitrogens with zero attached hydrogens (tertiary/aromatic N) is 1. The molecule has 0 N–H and O–H groups in total. The van der Waals surface area contributed by atoms with E-state index >= 15 is 0 Å². The van der Waals surface area contributed by atoms with E-state index in [1.165, 1.54) is 14.2 Å². The second kappa shape index (κ2) is 5.66. The van der Waals surface area contributed by atoms with E-state index in [2.05, 4.69) is 14.8 Å². The molecule has 13 heavy (non-hydrogen) atoms. The normalized spacial score (nSPS) is 10.0. The summed E-state index contributed by atoms with van der Waals surface area (Å²) in [6, 6.07) is 3.55. The molecule has 0 aliphatic heterocycles. The van der Waals surface area contributed by atoms with Crippen LogP contribution in [0.2, 0.25) is 0 Å². The van der Waals surface area contributed by atoms with Crippen molar-refractivity contribution >= 4 is 12.6 Å². The SMILES string of the molecule is COOB(OOC)c1cccnc1. The number of hydrogen-bond acceptors (Lipinski definition) is 5. The molecule has 0 aliphatic rings. The molecule has 0 unspecified atom stereocenters. The van der Waals surface area contributed by atoms with E-state index in [-0.39, 0.29) is 0 Å². The quantitative estimate of drug-likeness (QED) is 0.363. The van der Waals surface area contributed by atoms with Crippen LogP contribution in [0.25, 0.3) is 0 Å². The van der Waals surface area contributed by atoms with Crippen LogP contribution in [0, 0.1) is 0 Å². The van der Waals surface area contributed by atoms with Crippen molar-refractivity contribution in [2.45, 2.75) is 0 Å². The van der Waals surface area contributed by atoms with Crippen molar-refractivity contribution in [3.8, 4) is 0 Å². The van der Waals surface area contributed by atoms with Gasteiger partial charge in [0.25, 0.3) is 0 Å². The van der Waals surface area contributed by atoms with Gasteiger partial charge in [0.1, 0.15) is 0 Å². The lowest BCUT2D eigenvalue weighted by molar-refractivity contribution is -0.254. The number of aromatic nitrogens is 1. The molecule has 1 aromatic heterocycles. The average molecular weight is 183 g/mol. The molecule has 6 heteroatoms. The second-order valence-corrected chi connectivity index (χ2v) is 2.14. The molecule has 0 aromatic carbocycles. The minimum atomic E-state index is -0.719. The lowest BCUT2D eigenvalue weighted by Crippen LogP contribution is -2.36. The second-order valence-electron chi connectivity index (χ2n) is 2.14. The first-order valence-corrected chi connectivity index (χ1v) is 3.67. The van der Waals surface area contributed by atoms with Crippen LogP contribution in [0.4, 0.5) is 0 Å². The summed E-state index contributed by atoms with van der Waals surface area (Å²) in [6.45, 7) is 0. The van der Waals surface area contributed by atoms with E-state index in [1.54, 1.807) is 24.5 Å². The van der Waals surface area contributed by atoms with E-state index in [9.17, 15) is 0 Å². The van der Waals surface area contributed by atoms with Gasteiger partial charge in [-0.25, -0.2) is 0 Å². The molecule has 0 radical (unpaired) electrons. The molecular formula is C7H10BNO4. The van der Waals surface area contributed by atoms with Crippen LogP contribution in [0.3, 0.4) is 0 Å². The number of rotatable bonds is 5. The molecule has 0 aliphatic carbocycles. The average Bonchev–Trinajstić information content (AvgIpc) is 2.19. The van der Waals surface area contributed by atoms with Crippen LogP contribution in [-0.4, -0.2) is 26.3 Å². The fraction of sp³-hybridized carbons (Fsp3) is 0.286. The molecule has 0 bridgehead atoms. The molecule has 0 saturated heterocycles. The van der Waals surface area contributed by atoms with Gasteiger partial charge in [-0.2, -0.15) is 0 Å². The van der Waals surface area contributed by atoms with Crippen molar-refractivity contribution < 1.29 is 19.4 Å². The predicted molar refractivity (Wildman–Crippen MR) is 45.8 cm³/mol. The highest BCUT2D eigenvalue weighted by Gasteiger charge is 2.23. The van der Waals surface area contributed by atoms with Gasteiger partial charge in [0.05, 0.1) is 14.2 Å². The zero-order valence-corrected chi connectivity index (χ0v) is 7.47. The van der Waals surface area contributed by atoms with Crippen LogP contribution in [-0.2, 0) is 19.4 Å². The van der Waals surface area contributed by atoms with Crippen LogP contribution >= 0.6 is 0 Å². The molecular weight excluding hydrogens is 173 g/mol. The van der Waals surface area contributed by atoms with Crippen molar-refractivity contribution in [2.24, 2.45) is 0 Å². The number of pyridine rings is 1. The zero-order chi connectivity index (χ0) is 9.52. The first kappa shape index (κ1) is 10.1. The maximum atomic E-state index is 4.78. The molecule has 1 rings (SSSR count). The van der Waals surface area contributed by atoms with Crippen LogP contribution in [0.5, 0.6) is 0 Å². The largest absolute Gasteiger partial charge is 0.556 e. The Labute approximate surface area is 76.6 Å². The van der Waals surface area contributed by atoms with Crippen LogP contribution < -0.4 is 5.46 Å². The van der Waals surface area contributed by atoms with E-state index < -0.39 is 7.12 Å². The summed E-state index contributed by atoms with van der Waals surface area (Å²) in [5.74, 6) is 0. The molecule has 70 valence electrons. The van der Waals surface area contributed by atoms with Crippen LogP contribution in [0.1, 0.15) is 0 Å². The van der Waals surface area contributed by atoms with E-state index in [0.29, 0.717) is 5.46 Å². The molecule has 0 saturated carbocycles. The van der Waals surface area contributed by atoms with Crippen molar-refractivity contribution in [3.05, 3.63) is 24.5 Å². The lowest BCUT2D eigenvalue weighted by atomic mass is 9.81. The molecule has 0 amide bonds. The summed E-state index contributed by atoms with van der Waals surface area (Å²) in [5.41, 5.74) is 0.714. The Balaban J connectivity index is 2.64. The molecule has 0 fully saturated rings. The topological polar surface area (TPSA) is 49.8 Å². The van der Waals surface area contributed by atoms with Gasteiger partial charge >= 0.3 is 7.12 Å². The van der Waals surface area contributed by atoms with Gasteiger partial charge in [-0.15, -0.1) is 0 Å². The highest BCUT2D eigenvalue weighted by atomic mass is 17.3. The zero-order valence-electron chi connectivity index (χ0n) is 7.47. The highest BCUT2D eigenvalue weighted by Crippen LogP contribution is 1.91. The highest BCUT2D eigenvalue weighted by molar-refractivity contribution is 6.60. The Morgan fingerprint density at radius 1 is 1.23 bits per heavy atom. The van der Waals surface area contributed by atoms with E-state index in [1.807, 2.05) is 0 Å². The summed E-state index contributed by atoms with van der Waals surface area (Å²) < 4.78 is 0. The molecule has 1 heterocycles. The Hall–Kier alpha value is -0.945. The molecule has 0 spiro atoms. The van der Waals surface area contributed by atoms with Gasteiger partial charge in [-0.3, -0.25) is 24.4 Å². The minimum absolute atomic E-state index is 0.714. The molecule has 1 aromatic rings. The standard InChI is InChI=1S/C7H10BNO4/c1-10-12-8(13-11-2)7-4-3-5-9-6-7/h3-6H,1-2H3. The van der Waals surface area contributed by atoms with Crippen molar-refractivity contribution in [2.75, 3.05) is 14.2 Å². The van der Waals surface area contributed by atoms with E-state index in [4.69, 9.17) is 9.61 Å². The number of hydrogen-bond donors (Lipinski definition) is 0. The van der Waals surface area contributed by atoms with Gasteiger partial charge < -0.3 is 0 Å².